The Morgan fingerprint density at radius 3 is 2.64 bits per heavy atom. The number of rotatable bonds is 4. The van der Waals surface area contributed by atoms with Crippen molar-refractivity contribution in [2.45, 2.75) is 13.2 Å². The van der Waals surface area contributed by atoms with E-state index in [9.17, 15) is 4.79 Å². The summed E-state index contributed by atoms with van der Waals surface area (Å²) in [5.74, 6) is 0.650. The lowest BCUT2D eigenvalue weighted by Crippen LogP contribution is -2.07. The Labute approximate surface area is 87.4 Å². The van der Waals surface area contributed by atoms with Gasteiger partial charge in [-0.1, -0.05) is 0 Å². The van der Waals surface area contributed by atoms with Crippen LogP contribution in [0.5, 0.6) is 5.75 Å². The molecule has 0 aliphatic carbocycles. The summed E-state index contributed by atoms with van der Waals surface area (Å²) in [6, 6.07) is 6.77. The molecule has 1 atom stereocenters. The minimum Gasteiger partial charge on any atom is -0.468 e. The van der Waals surface area contributed by atoms with E-state index in [0.717, 1.165) is 6.29 Å². The molecule has 0 aromatic heterocycles. The van der Waals surface area contributed by atoms with Crippen LogP contribution in [0.4, 0.5) is 0 Å². The van der Waals surface area contributed by atoms with Crippen molar-refractivity contribution in [1.82, 2.24) is 0 Å². The lowest BCUT2D eigenvalue weighted by molar-refractivity contribution is 0.112. The van der Waals surface area contributed by atoms with Crippen molar-refractivity contribution in [3.05, 3.63) is 29.8 Å². The fourth-order valence-electron chi connectivity index (χ4n) is 0.922. The highest BCUT2D eigenvalue weighted by molar-refractivity contribution is 7.78. The number of hydrogen-bond acceptors (Lipinski definition) is 4. The van der Waals surface area contributed by atoms with Crippen molar-refractivity contribution in [3.8, 4) is 5.75 Å². The van der Waals surface area contributed by atoms with Gasteiger partial charge in [0.25, 0.3) is 0 Å². The van der Waals surface area contributed by atoms with Gasteiger partial charge in [0.2, 0.25) is 0 Å². The van der Waals surface area contributed by atoms with Crippen molar-refractivity contribution in [2.75, 3.05) is 0 Å². The van der Waals surface area contributed by atoms with Gasteiger partial charge in [0, 0.05) is 5.56 Å². The fraction of sp³-hybridized carbons (Fsp3) is 0.200. The first-order chi connectivity index (χ1) is 6.76. The molecule has 1 aromatic carbocycles. The second-order valence-corrected chi connectivity index (χ2v) is 2.81. The quantitative estimate of drug-likeness (QED) is 0.432. The van der Waals surface area contributed by atoms with E-state index in [1.54, 1.807) is 31.2 Å². The normalized spacial score (nSPS) is 11.2. The first kappa shape index (κ1) is 10.6. The number of ether oxygens (including phenoxy) is 1. The molecule has 0 amide bonds. The fourth-order valence-corrected chi connectivity index (χ4v) is 1.07. The maximum Gasteiger partial charge on any atom is 0.196 e. The smallest absolute Gasteiger partial charge is 0.196 e. The molecule has 0 radical (unpaired) electrons. The van der Waals surface area contributed by atoms with Crippen LogP contribution in [0.15, 0.2) is 29.3 Å². The third-order valence-electron chi connectivity index (χ3n) is 1.56. The van der Waals surface area contributed by atoms with Crippen molar-refractivity contribution < 1.29 is 9.53 Å². The molecule has 0 saturated carbocycles. The summed E-state index contributed by atoms with van der Waals surface area (Å²) in [5, 5.41) is 2.24. The Hall–Kier alpha value is -1.51. The van der Waals surface area contributed by atoms with Crippen LogP contribution in [0, 0.1) is 0 Å². The predicted molar refractivity (Wildman–Crippen MR) is 56.9 cm³/mol. The summed E-state index contributed by atoms with van der Waals surface area (Å²) in [7, 11) is 0. The Morgan fingerprint density at radius 2 is 2.14 bits per heavy atom. The maximum atomic E-state index is 10.4. The number of thiocarbonyl (C=S) groups is 1. The number of aliphatic imine (C=N–C) groups is 1. The molecular formula is C10H9NO2S. The number of aldehydes is 1. The number of carbonyl (C=O) groups is 1. The Kier molecular flexibility index (Phi) is 3.98. The Bertz CT molecular complexity index is 355. The van der Waals surface area contributed by atoms with Crippen molar-refractivity contribution in [1.29, 1.82) is 0 Å². The first-order valence-electron chi connectivity index (χ1n) is 4.05. The molecule has 0 saturated heterocycles. The van der Waals surface area contributed by atoms with Crippen LogP contribution < -0.4 is 4.74 Å². The van der Waals surface area contributed by atoms with Crippen molar-refractivity contribution >= 4 is 23.7 Å². The molecule has 4 heteroatoms. The first-order valence-corrected chi connectivity index (χ1v) is 4.46. The summed E-state index contributed by atoms with van der Waals surface area (Å²) in [6.07, 6.45) is 0.428. The van der Waals surface area contributed by atoms with E-state index in [0.29, 0.717) is 11.3 Å². The van der Waals surface area contributed by atoms with E-state index in [1.807, 2.05) is 0 Å². The van der Waals surface area contributed by atoms with Crippen LogP contribution in [0.1, 0.15) is 17.3 Å². The van der Waals surface area contributed by atoms with Crippen LogP contribution in [0.3, 0.4) is 0 Å². The molecule has 3 nitrogen and oxygen atoms in total. The minimum absolute atomic E-state index is 0.352. The molecule has 0 N–H and O–H groups in total. The molecule has 0 heterocycles. The summed E-state index contributed by atoms with van der Waals surface area (Å²) < 4.78 is 5.34. The van der Waals surface area contributed by atoms with Gasteiger partial charge in [-0.25, -0.2) is 0 Å². The molecule has 1 rings (SSSR count). The van der Waals surface area contributed by atoms with E-state index in [4.69, 9.17) is 4.74 Å². The third-order valence-corrected chi connectivity index (χ3v) is 1.66. The van der Waals surface area contributed by atoms with Crippen molar-refractivity contribution in [3.63, 3.8) is 0 Å². The van der Waals surface area contributed by atoms with E-state index in [1.165, 1.54) is 0 Å². The van der Waals surface area contributed by atoms with Gasteiger partial charge in [0.1, 0.15) is 12.0 Å². The topological polar surface area (TPSA) is 38.7 Å². The minimum atomic E-state index is -0.352. The van der Waals surface area contributed by atoms with Crippen LogP contribution in [0.2, 0.25) is 0 Å². The SMILES string of the molecule is CC(N=C=S)Oc1ccc(C=O)cc1. The zero-order valence-electron chi connectivity index (χ0n) is 7.64. The van der Waals surface area contributed by atoms with E-state index >= 15 is 0 Å². The van der Waals surface area contributed by atoms with E-state index in [-0.39, 0.29) is 6.23 Å². The second-order valence-electron chi connectivity index (χ2n) is 2.62. The lowest BCUT2D eigenvalue weighted by atomic mass is 10.2. The average Bonchev–Trinajstić information content (AvgIpc) is 2.19. The van der Waals surface area contributed by atoms with Gasteiger partial charge in [0.05, 0.1) is 5.16 Å². The summed E-state index contributed by atoms with van der Waals surface area (Å²) in [6.45, 7) is 1.76. The molecule has 1 aromatic rings. The predicted octanol–water partition coefficient (Wildman–Crippen LogP) is 2.33. The molecule has 14 heavy (non-hydrogen) atoms. The average molecular weight is 207 g/mol. The molecule has 0 bridgehead atoms. The van der Waals surface area contributed by atoms with Gasteiger partial charge in [-0.2, -0.15) is 4.99 Å². The summed E-state index contributed by atoms with van der Waals surface area (Å²) in [5.41, 5.74) is 0.614. The summed E-state index contributed by atoms with van der Waals surface area (Å²) >= 11 is 4.44. The number of hydrogen-bond donors (Lipinski definition) is 0. The van der Waals surface area contributed by atoms with Gasteiger partial charge in [-0.05, 0) is 43.4 Å². The number of nitrogens with zero attached hydrogens (tertiary/aromatic N) is 1. The molecule has 0 spiro atoms. The zero-order valence-corrected chi connectivity index (χ0v) is 8.45. The van der Waals surface area contributed by atoms with Gasteiger partial charge < -0.3 is 4.74 Å². The number of isothiocyanates is 1. The van der Waals surface area contributed by atoms with Gasteiger partial charge in [-0.3, -0.25) is 4.79 Å². The Morgan fingerprint density at radius 1 is 1.50 bits per heavy atom. The molecule has 72 valence electrons. The van der Waals surface area contributed by atoms with Gasteiger partial charge >= 0.3 is 0 Å². The monoisotopic (exact) mass is 207 g/mol. The molecule has 0 fully saturated rings. The third kappa shape index (κ3) is 3.09. The lowest BCUT2D eigenvalue weighted by Gasteiger charge is -2.08. The highest BCUT2D eigenvalue weighted by Crippen LogP contribution is 2.12. The number of carbonyl (C=O) groups excluding carboxylic acids is 1. The van der Waals surface area contributed by atoms with Crippen molar-refractivity contribution in [2.24, 2.45) is 4.99 Å². The van der Waals surface area contributed by atoms with E-state index < -0.39 is 0 Å². The van der Waals surface area contributed by atoms with Crippen LogP contribution in [-0.4, -0.2) is 17.7 Å². The summed E-state index contributed by atoms with van der Waals surface area (Å²) in [4.78, 5) is 14.1. The maximum absolute atomic E-state index is 10.4. The molecule has 0 aliphatic rings. The van der Waals surface area contributed by atoms with Crippen LogP contribution in [-0.2, 0) is 0 Å². The highest BCUT2D eigenvalue weighted by Gasteiger charge is 1.99. The number of benzene rings is 1. The largest absolute Gasteiger partial charge is 0.468 e. The highest BCUT2D eigenvalue weighted by atomic mass is 32.1. The molecule has 1 unspecified atom stereocenters. The van der Waals surface area contributed by atoms with E-state index in [2.05, 4.69) is 22.4 Å². The zero-order chi connectivity index (χ0) is 10.4. The Balaban J connectivity index is 2.68. The van der Waals surface area contributed by atoms with Crippen LogP contribution >= 0.6 is 12.2 Å². The molecule has 0 aliphatic heterocycles. The van der Waals surface area contributed by atoms with Gasteiger partial charge in [0.15, 0.2) is 6.23 Å². The second kappa shape index (κ2) is 5.27. The standard InChI is InChI=1S/C10H9NO2S/c1-8(11-7-14)13-10-4-2-9(6-12)3-5-10/h2-6,8H,1H3. The molecular weight excluding hydrogens is 198 g/mol. The van der Waals surface area contributed by atoms with Gasteiger partial charge in [-0.15, -0.1) is 0 Å². The van der Waals surface area contributed by atoms with Crippen LogP contribution in [0.25, 0.3) is 0 Å².